The average molecular weight is 334 g/mol. The van der Waals surface area contributed by atoms with Gasteiger partial charge in [0.25, 0.3) is 11.7 Å². The van der Waals surface area contributed by atoms with Gasteiger partial charge < -0.3 is 4.90 Å². The van der Waals surface area contributed by atoms with Gasteiger partial charge in [0.15, 0.2) is 0 Å². The minimum Gasteiger partial charge on any atom is -0.300 e. The fourth-order valence-electron chi connectivity index (χ4n) is 2.22. The Morgan fingerprint density at radius 1 is 1.10 bits per heavy atom. The summed E-state index contributed by atoms with van der Waals surface area (Å²) in [7, 11) is 0. The third kappa shape index (κ3) is 2.04. The van der Waals surface area contributed by atoms with Crippen molar-refractivity contribution in [2.24, 2.45) is 0 Å². The van der Waals surface area contributed by atoms with E-state index in [4.69, 9.17) is 0 Å². The van der Waals surface area contributed by atoms with Crippen molar-refractivity contribution in [2.75, 3.05) is 4.90 Å². The zero-order valence-corrected chi connectivity index (χ0v) is 11.9. The van der Waals surface area contributed by atoms with E-state index in [1.54, 1.807) is 0 Å². The van der Waals surface area contributed by atoms with Crippen molar-refractivity contribution in [1.29, 1.82) is 0 Å². The number of halogens is 2. The molecule has 0 aromatic heterocycles. The standard InChI is InChI=1S/C15H9BrFNO2/c16-12-4-2-1-3-9(12)8-18-13-7-10(17)5-6-11(13)14(19)15(18)20/h1-7H,8H2. The Kier molecular flexibility index (Phi) is 3.14. The maximum absolute atomic E-state index is 13.3. The lowest BCUT2D eigenvalue weighted by atomic mass is 10.1. The Hall–Kier alpha value is -2.01. The Labute approximate surface area is 123 Å². The second-order valence-electron chi connectivity index (χ2n) is 4.47. The van der Waals surface area contributed by atoms with Crippen LogP contribution in [0.3, 0.4) is 0 Å². The first-order valence-corrected chi connectivity index (χ1v) is 6.76. The van der Waals surface area contributed by atoms with Crippen LogP contribution in [-0.2, 0) is 11.3 Å². The summed E-state index contributed by atoms with van der Waals surface area (Å²) in [5.74, 6) is -1.68. The molecule has 3 rings (SSSR count). The van der Waals surface area contributed by atoms with Gasteiger partial charge in [-0.25, -0.2) is 4.39 Å². The molecule has 0 fully saturated rings. The molecule has 1 heterocycles. The van der Waals surface area contributed by atoms with E-state index in [9.17, 15) is 14.0 Å². The molecule has 0 aliphatic carbocycles. The van der Waals surface area contributed by atoms with Gasteiger partial charge >= 0.3 is 0 Å². The highest BCUT2D eigenvalue weighted by Gasteiger charge is 2.36. The molecule has 0 unspecified atom stereocenters. The van der Waals surface area contributed by atoms with Gasteiger partial charge in [-0.15, -0.1) is 0 Å². The van der Waals surface area contributed by atoms with Crippen LogP contribution in [0.15, 0.2) is 46.9 Å². The van der Waals surface area contributed by atoms with Crippen molar-refractivity contribution in [1.82, 2.24) is 0 Å². The van der Waals surface area contributed by atoms with Gasteiger partial charge in [0.05, 0.1) is 17.8 Å². The molecule has 0 spiro atoms. The van der Waals surface area contributed by atoms with Gasteiger partial charge in [-0.3, -0.25) is 9.59 Å². The predicted octanol–water partition coefficient (Wildman–Crippen LogP) is 3.32. The number of carbonyl (C=O) groups excluding carboxylic acids is 2. The number of amides is 1. The topological polar surface area (TPSA) is 37.4 Å². The summed E-state index contributed by atoms with van der Waals surface area (Å²) >= 11 is 3.40. The van der Waals surface area contributed by atoms with Gasteiger partial charge in [-0.05, 0) is 29.8 Å². The summed E-state index contributed by atoms with van der Waals surface area (Å²) in [4.78, 5) is 25.2. The quantitative estimate of drug-likeness (QED) is 0.790. The largest absolute Gasteiger partial charge is 0.300 e. The van der Waals surface area contributed by atoms with Crippen molar-refractivity contribution in [3.8, 4) is 0 Å². The van der Waals surface area contributed by atoms with Gasteiger partial charge in [0, 0.05) is 4.47 Å². The number of nitrogens with zero attached hydrogens (tertiary/aromatic N) is 1. The van der Waals surface area contributed by atoms with Crippen LogP contribution < -0.4 is 4.90 Å². The van der Waals surface area contributed by atoms with Crippen molar-refractivity contribution >= 4 is 33.3 Å². The van der Waals surface area contributed by atoms with Gasteiger partial charge in [0.2, 0.25) is 0 Å². The Morgan fingerprint density at radius 2 is 1.85 bits per heavy atom. The molecule has 2 aromatic rings. The van der Waals surface area contributed by atoms with E-state index in [1.165, 1.54) is 23.1 Å². The van der Waals surface area contributed by atoms with E-state index in [0.29, 0.717) is 5.69 Å². The number of carbonyl (C=O) groups is 2. The van der Waals surface area contributed by atoms with Crippen LogP contribution in [0.2, 0.25) is 0 Å². The summed E-state index contributed by atoms with van der Waals surface area (Å²) in [5, 5.41) is 0. The lowest BCUT2D eigenvalue weighted by Crippen LogP contribution is -2.29. The molecule has 0 saturated heterocycles. The average Bonchev–Trinajstić information content (AvgIpc) is 2.66. The number of rotatable bonds is 2. The Bertz CT molecular complexity index is 730. The molecule has 20 heavy (non-hydrogen) atoms. The van der Waals surface area contributed by atoms with Gasteiger partial charge in [0.1, 0.15) is 5.82 Å². The maximum Gasteiger partial charge on any atom is 0.299 e. The molecule has 1 aliphatic rings. The number of ketones is 1. The minimum atomic E-state index is -0.624. The highest BCUT2D eigenvalue weighted by atomic mass is 79.9. The molecule has 1 amide bonds. The smallest absolute Gasteiger partial charge is 0.299 e. The van der Waals surface area contributed by atoms with Crippen LogP contribution in [0.4, 0.5) is 10.1 Å². The molecule has 1 aliphatic heterocycles. The third-order valence-electron chi connectivity index (χ3n) is 3.22. The molecular formula is C15H9BrFNO2. The van der Waals surface area contributed by atoms with Crippen LogP contribution in [0.5, 0.6) is 0 Å². The lowest BCUT2D eigenvalue weighted by molar-refractivity contribution is -0.114. The normalized spacial score (nSPS) is 13.8. The number of fused-ring (bicyclic) bond motifs is 1. The van der Waals surface area contributed by atoms with Crippen LogP contribution in [0.25, 0.3) is 0 Å². The van der Waals surface area contributed by atoms with Crippen LogP contribution in [0.1, 0.15) is 15.9 Å². The maximum atomic E-state index is 13.3. The van der Waals surface area contributed by atoms with Crippen molar-refractivity contribution in [2.45, 2.75) is 6.54 Å². The molecule has 5 heteroatoms. The minimum absolute atomic E-state index is 0.225. The lowest BCUT2D eigenvalue weighted by Gasteiger charge is -2.17. The second kappa shape index (κ2) is 4.83. The third-order valence-corrected chi connectivity index (χ3v) is 3.99. The first-order chi connectivity index (χ1) is 9.58. The van der Waals surface area contributed by atoms with E-state index in [-0.39, 0.29) is 12.1 Å². The fourth-order valence-corrected chi connectivity index (χ4v) is 2.63. The monoisotopic (exact) mass is 333 g/mol. The predicted molar refractivity (Wildman–Crippen MR) is 76.1 cm³/mol. The number of anilines is 1. The zero-order valence-electron chi connectivity index (χ0n) is 10.3. The molecule has 0 radical (unpaired) electrons. The van der Waals surface area contributed by atoms with Crippen LogP contribution in [0, 0.1) is 5.82 Å². The number of hydrogen-bond acceptors (Lipinski definition) is 2. The Morgan fingerprint density at radius 3 is 2.60 bits per heavy atom. The highest BCUT2D eigenvalue weighted by molar-refractivity contribution is 9.10. The molecule has 0 saturated carbocycles. The SMILES string of the molecule is O=C1C(=O)N(Cc2ccccc2Br)c2cc(F)ccc21. The van der Waals surface area contributed by atoms with Crippen LogP contribution in [-0.4, -0.2) is 11.7 Å². The zero-order chi connectivity index (χ0) is 14.3. The first kappa shape index (κ1) is 13.0. The molecular weight excluding hydrogens is 325 g/mol. The first-order valence-electron chi connectivity index (χ1n) is 5.97. The highest BCUT2D eigenvalue weighted by Crippen LogP contribution is 2.32. The van der Waals surface area contributed by atoms with E-state index in [1.807, 2.05) is 24.3 Å². The van der Waals surface area contributed by atoms with E-state index >= 15 is 0 Å². The summed E-state index contributed by atoms with van der Waals surface area (Å²) in [6.45, 7) is 0.225. The van der Waals surface area contributed by atoms with E-state index in [0.717, 1.165) is 10.0 Å². The molecule has 0 N–H and O–H groups in total. The molecule has 3 nitrogen and oxygen atoms in total. The Balaban J connectivity index is 2.03. The summed E-state index contributed by atoms with van der Waals surface area (Å²) < 4.78 is 14.2. The fraction of sp³-hybridized carbons (Fsp3) is 0.0667. The number of benzene rings is 2. The summed E-state index contributed by atoms with van der Waals surface area (Å²) in [6, 6.07) is 11.2. The van der Waals surface area contributed by atoms with Crippen molar-refractivity contribution in [3.63, 3.8) is 0 Å². The van der Waals surface area contributed by atoms with Gasteiger partial charge in [-0.2, -0.15) is 0 Å². The molecule has 0 bridgehead atoms. The van der Waals surface area contributed by atoms with Crippen molar-refractivity contribution < 1.29 is 14.0 Å². The molecule has 2 aromatic carbocycles. The van der Waals surface area contributed by atoms with Gasteiger partial charge in [-0.1, -0.05) is 34.1 Å². The molecule has 0 atom stereocenters. The van der Waals surface area contributed by atoms with Crippen LogP contribution >= 0.6 is 15.9 Å². The summed E-state index contributed by atoms with van der Waals surface area (Å²) in [5.41, 5.74) is 1.44. The number of hydrogen-bond donors (Lipinski definition) is 0. The number of Topliss-reactive ketones (excluding diaryl/α,β-unsaturated/α-hetero) is 1. The van der Waals surface area contributed by atoms with E-state index < -0.39 is 17.5 Å². The summed E-state index contributed by atoms with van der Waals surface area (Å²) in [6.07, 6.45) is 0. The molecule has 100 valence electrons. The van der Waals surface area contributed by atoms with E-state index in [2.05, 4.69) is 15.9 Å². The second-order valence-corrected chi connectivity index (χ2v) is 5.33. The van der Waals surface area contributed by atoms with Crippen molar-refractivity contribution in [3.05, 3.63) is 63.9 Å².